The number of nitrogens with zero attached hydrogens (tertiary/aromatic N) is 4. The third kappa shape index (κ3) is 3.78. The van der Waals surface area contributed by atoms with Gasteiger partial charge in [0.1, 0.15) is 5.69 Å². The lowest BCUT2D eigenvalue weighted by Crippen LogP contribution is -2.27. The minimum Gasteiger partial charge on any atom is -0.304 e. The van der Waals surface area contributed by atoms with E-state index < -0.39 is 0 Å². The number of hydrogen-bond donors (Lipinski definition) is 1. The fraction of sp³-hybridized carbons (Fsp3) is 0.190. The van der Waals surface area contributed by atoms with Crippen molar-refractivity contribution < 1.29 is 0 Å². The maximum atomic E-state index is 4.46. The van der Waals surface area contributed by atoms with Gasteiger partial charge in [-0.3, -0.25) is 4.98 Å². The largest absolute Gasteiger partial charge is 0.304 e. The van der Waals surface area contributed by atoms with E-state index in [0.29, 0.717) is 19.1 Å². The Labute approximate surface area is 153 Å². The molecule has 0 saturated carbocycles. The molecular formula is C21H21N5. The van der Waals surface area contributed by atoms with Crippen LogP contribution in [0.3, 0.4) is 0 Å². The van der Waals surface area contributed by atoms with Gasteiger partial charge in [-0.1, -0.05) is 65.9 Å². The SMILES string of the molecule is C1=CCC(NCc2nnn(Cc3cccnc3)c2-c2ccccc2)C=C1. The topological polar surface area (TPSA) is 55.6 Å². The number of nitrogens with one attached hydrogen (secondary N) is 1. The van der Waals surface area contributed by atoms with Crippen LogP contribution in [0.4, 0.5) is 0 Å². The summed E-state index contributed by atoms with van der Waals surface area (Å²) in [5, 5.41) is 12.4. The Hall–Kier alpha value is -3.05. The molecule has 1 aliphatic carbocycles. The highest BCUT2D eigenvalue weighted by Gasteiger charge is 2.16. The van der Waals surface area contributed by atoms with Gasteiger partial charge in [-0.15, -0.1) is 5.10 Å². The Morgan fingerprint density at radius 3 is 2.77 bits per heavy atom. The van der Waals surface area contributed by atoms with Crippen molar-refractivity contribution in [3.8, 4) is 11.3 Å². The average Bonchev–Trinajstić information content (AvgIpc) is 3.11. The van der Waals surface area contributed by atoms with Crippen LogP contribution in [0.2, 0.25) is 0 Å². The normalized spacial score (nSPS) is 16.1. The van der Waals surface area contributed by atoms with Crippen molar-refractivity contribution in [2.24, 2.45) is 0 Å². The summed E-state index contributed by atoms with van der Waals surface area (Å²) in [7, 11) is 0. The lowest BCUT2D eigenvalue weighted by atomic mass is 10.1. The molecule has 1 unspecified atom stereocenters. The first-order chi connectivity index (χ1) is 12.9. The predicted octanol–water partition coefficient (Wildman–Crippen LogP) is 3.36. The predicted molar refractivity (Wildman–Crippen MR) is 102 cm³/mol. The van der Waals surface area contributed by atoms with Crippen molar-refractivity contribution >= 4 is 0 Å². The Morgan fingerprint density at radius 1 is 1.08 bits per heavy atom. The molecule has 0 spiro atoms. The highest BCUT2D eigenvalue weighted by atomic mass is 15.4. The van der Waals surface area contributed by atoms with E-state index in [1.165, 1.54) is 0 Å². The molecule has 130 valence electrons. The lowest BCUT2D eigenvalue weighted by molar-refractivity contribution is 0.586. The molecule has 0 aliphatic heterocycles. The molecule has 5 heteroatoms. The Bertz CT molecular complexity index is 897. The van der Waals surface area contributed by atoms with Crippen LogP contribution in [-0.2, 0) is 13.1 Å². The molecule has 26 heavy (non-hydrogen) atoms. The minimum atomic E-state index is 0.340. The Balaban J connectivity index is 1.61. The van der Waals surface area contributed by atoms with Crippen LogP contribution in [0.15, 0.2) is 79.2 Å². The van der Waals surface area contributed by atoms with Gasteiger partial charge in [-0.25, -0.2) is 4.68 Å². The third-order valence-corrected chi connectivity index (χ3v) is 4.42. The zero-order chi connectivity index (χ0) is 17.6. The second kappa shape index (κ2) is 7.89. The zero-order valence-corrected chi connectivity index (χ0v) is 14.5. The van der Waals surface area contributed by atoms with Crippen LogP contribution in [0.5, 0.6) is 0 Å². The first-order valence-electron chi connectivity index (χ1n) is 8.83. The number of hydrogen-bond acceptors (Lipinski definition) is 4. The van der Waals surface area contributed by atoms with E-state index in [0.717, 1.165) is 28.9 Å². The van der Waals surface area contributed by atoms with Crippen molar-refractivity contribution in [1.82, 2.24) is 25.3 Å². The van der Waals surface area contributed by atoms with Gasteiger partial charge in [0.15, 0.2) is 0 Å². The van der Waals surface area contributed by atoms with Gasteiger partial charge >= 0.3 is 0 Å². The first-order valence-corrected chi connectivity index (χ1v) is 8.83. The molecule has 0 saturated heterocycles. The molecule has 3 aromatic rings. The standard InChI is InChI=1S/C21H21N5/c1-3-9-18(10-4-1)21-20(15-23-19-11-5-2-6-12-19)24-25-26(21)16-17-8-7-13-22-14-17/h1-11,13-14,19,23H,12,15-16H2. The van der Waals surface area contributed by atoms with E-state index in [-0.39, 0.29) is 0 Å². The molecule has 4 rings (SSSR count). The van der Waals surface area contributed by atoms with Crippen molar-refractivity contribution in [3.05, 3.63) is 90.4 Å². The smallest absolute Gasteiger partial charge is 0.104 e. The molecule has 0 bridgehead atoms. The van der Waals surface area contributed by atoms with Gasteiger partial charge < -0.3 is 5.32 Å². The van der Waals surface area contributed by atoms with E-state index in [2.05, 4.69) is 63.1 Å². The summed E-state index contributed by atoms with van der Waals surface area (Å²) in [5.41, 5.74) is 4.24. The molecule has 2 aromatic heterocycles. The van der Waals surface area contributed by atoms with Crippen LogP contribution in [0.1, 0.15) is 17.7 Å². The number of allylic oxidation sites excluding steroid dienone is 2. The molecule has 0 fully saturated rings. The number of rotatable bonds is 6. The van der Waals surface area contributed by atoms with E-state index in [4.69, 9.17) is 0 Å². The van der Waals surface area contributed by atoms with Crippen LogP contribution < -0.4 is 5.32 Å². The summed E-state index contributed by atoms with van der Waals surface area (Å²) in [4.78, 5) is 4.20. The van der Waals surface area contributed by atoms with Gasteiger partial charge in [-0.2, -0.15) is 0 Å². The Morgan fingerprint density at radius 2 is 2.00 bits per heavy atom. The summed E-state index contributed by atoms with van der Waals surface area (Å²) in [6, 6.07) is 14.7. The molecule has 2 heterocycles. The van der Waals surface area contributed by atoms with E-state index in [1.807, 2.05) is 35.1 Å². The molecule has 0 amide bonds. The molecule has 0 radical (unpaired) electrons. The highest BCUT2D eigenvalue weighted by Crippen LogP contribution is 2.23. The lowest BCUT2D eigenvalue weighted by Gasteiger charge is -2.15. The fourth-order valence-corrected chi connectivity index (χ4v) is 3.11. The summed E-state index contributed by atoms with van der Waals surface area (Å²) < 4.78 is 1.96. The van der Waals surface area contributed by atoms with Crippen molar-refractivity contribution in [2.75, 3.05) is 0 Å². The Kier molecular flexibility index (Phi) is 4.98. The summed E-state index contributed by atoms with van der Waals surface area (Å²) in [6.07, 6.45) is 13.2. The van der Waals surface area contributed by atoms with Gasteiger partial charge in [0, 0.05) is 30.5 Å². The van der Waals surface area contributed by atoms with Crippen molar-refractivity contribution in [3.63, 3.8) is 0 Å². The maximum absolute atomic E-state index is 4.46. The van der Waals surface area contributed by atoms with Gasteiger partial charge in [0.25, 0.3) is 0 Å². The molecule has 1 aromatic carbocycles. The van der Waals surface area contributed by atoms with Crippen molar-refractivity contribution in [1.29, 1.82) is 0 Å². The highest BCUT2D eigenvalue weighted by molar-refractivity contribution is 5.61. The average molecular weight is 343 g/mol. The maximum Gasteiger partial charge on any atom is 0.104 e. The first kappa shape index (κ1) is 16.4. The summed E-state index contributed by atoms with van der Waals surface area (Å²) in [6.45, 7) is 1.33. The van der Waals surface area contributed by atoms with Gasteiger partial charge in [0.2, 0.25) is 0 Å². The monoisotopic (exact) mass is 343 g/mol. The minimum absolute atomic E-state index is 0.340. The summed E-state index contributed by atoms with van der Waals surface area (Å²) >= 11 is 0. The quantitative estimate of drug-likeness (QED) is 0.746. The number of aromatic nitrogens is 4. The second-order valence-electron chi connectivity index (χ2n) is 6.31. The van der Waals surface area contributed by atoms with Gasteiger partial charge in [-0.05, 0) is 18.1 Å². The zero-order valence-electron chi connectivity index (χ0n) is 14.5. The van der Waals surface area contributed by atoms with Crippen LogP contribution in [-0.4, -0.2) is 26.0 Å². The molecule has 5 nitrogen and oxygen atoms in total. The van der Waals surface area contributed by atoms with E-state index >= 15 is 0 Å². The molecule has 1 N–H and O–H groups in total. The molecular weight excluding hydrogens is 322 g/mol. The molecule has 1 aliphatic rings. The molecule has 1 atom stereocenters. The van der Waals surface area contributed by atoms with E-state index in [9.17, 15) is 0 Å². The van der Waals surface area contributed by atoms with Crippen LogP contribution in [0.25, 0.3) is 11.3 Å². The fourth-order valence-electron chi connectivity index (χ4n) is 3.11. The number of pyridine rings is 1. The number of benzene rings is 1. The van der Waals surface area contributed by atoms with Crippen LogP contribution >= 0.6 is 0 Å². The van der Waals surface area contributed by atoms with Gasteiger partial charge in [0.05, 0.1) is 12.2 Å². The van der Waals surface area contributed by atoms with E-state index in [1.54, 1.807) is 6.20 Å². The summed E-state index contributed by atoms with van der Waals surface area (Å²) in [5.74, 6) is 0. The van der Waals surface area contributed by atoms with Crippen molar-refractivity contribution in [2.45, 2.75) is 25.6 Å². The van der Waals surface area contributed by atoms with Crippen LogP contribution in [0, 0.1) is 0 Å². The second-order valence-corrected chi connectivity index (χ2v) is 6.31. The third-order valence-electron chi connectivity index (χ3n) is 4.42.